The summed E-state index contributed by atoms with van der Waals surface area (Å²) in [6, 6.07) is 12.0. The molecule has 0 fully saturated rings. The minimum absolute atomic E-state index is 0.0556. The van der Waals surface area contributed by atoms with Gasteiger partial charge < -0.3 is 9.30 Å². The number of nitrogens with one attached hydrogen (secondary N) is 1. The van der Waals surface area contributed by atoms with E-state index in [1.54, 1.807) is 19.2 Å². The Morgan fingerprint density at radius 1 is 1.08 bits per heavy atom. The maximum absolute atomic E-state index is 12.1. The van der Waals surface area contributed by atoms with Crippen molar-refractivity contribution < 1.29 is 17.9 Å². The van der Waals surface area contributed by atoms with Gasteiger partial charge in [-0.3, -0.25) is 4.79 Å². The van der Waals surface area contributed by atoms with Crippen LogP contribution in [0.25, 0.3) is 0 Å². The van der Waals surface area contributed by atoms with Gasteiger partial charge in [-0.05, 0) is 24.3 Å². The minimum Gasteiger partial charge on any atom is -0.456 e. The number of rotatable bonds is 5. The van der Waals surface area contributed by atoms with Crippen molar-refractivity contribution in [1.29, 1.82) is 0 Å². The molecule has 0 spiro atoms. The number of para-hydroxylation sites is 1. The number of carbonyl (C=O) groups is 1. The Kier molecular flexibility index (Phi) is 4.48. The van der Waals surface area contributed by atoms with Gasteiger partial charge in [-0.2, -0.15) is 8.42 Å². The van der Waals surface area contributed by atoms with Crippen LogP contribution in [0.2, 0.25) is 0 Å². The van der Waals surface area contributed by atoms with Gasteiger partial charge in [-0.15, -0.1) is 0 Å². The summed E-state index contributed by atoms with van der Waals surface area (Å²) in [4.78, 5) is 19.7. The Bertz CT molecular complexity index is 982. The van der Waals surface area contributed by atoms with Gasteiger partial charge in [-0.25, -0.2) is 14.7 Å². The van der Waals surface area contributed by atoms with E-state index in [0.29, 0.717) is 11.5 Å². The van der Waals surface area contributed by atoms with Crippen molar-refractivity contribution >= 4 is 15.9 Å². The van der Waals surface area contributed by atoms with E-state index in [-0.39, 0.29) is 10.7 Å². The summed E-state index contributed by atoms with van der Waals surface area (Å²) in [5.41, 5.74) is -0.0556. The highest BCUT2D eigenvalue weighted by Gasteiger charge is 2.21. The lowest BCUT2D eigenvalue weighted by atomic mass is 10.3. The molecule has 128 valence electrons. The number of carbonyl (C=O) groups excluding carboxylic acids is 1. The second kappa shape index (κ2) is 6.73. The van der Waals surface area contributed by atoms with E-state index in [4.69, 9.17) is 4.74 Å². The zero-order valence-electron chi connectivity index (χ0n) is 13.2. The average Bonchev–Trinajstić information content (AvgIpc) is 3.03. The van der Waals surface area contributed by atoms with E-state index in [9.17, 15) is 13.2 Å². The topological polar surface area (TPSA) is 103 Å². The number of aryl methyl sites for hydroxylation is 1. The van der Waals surface area contributed by atoms with Crippen molar-refractivity contribution in [3.05, 3.63) is 66.9 Å². The first-order chi connectivity index (χ1) is 11.9. The molecule has 0 aliphatic heterocycles. The monoisotopic (exact) mass is 358 g/mol. The highest BCUT2D eigenvalue weighted by molar-refractivity contribution is 7.90. The summed E-state index contributed by atoms with van der Waals surface area (Å²) >= 11 is 0. The summed E-state index contributed by atoms with van der Waals surface area (Å²) in [6.07, 6.45) is 3.96. The molecule has 8 nitrogen and oxygen atoms in total. The maximum atomic E-state index is 12.1. The van der Waals surface area contributed by atoms with Gasteiger partial charge >= 0.3 is 0 Å². The number of benzene rings is 1. The molecule has 1 amide bonds. The molecular formula is C16H14N4O4S. The smallest absolute Gasteiger partial charge is 0.283 e. The fourth-order valence-electron chi connectivity index (χ4n) is 1.95. The van der Waals surface area contributed by atoms with Crippen molar-refractivity contribution in [2.45, 2.75) is 5.03 Å². The van der Waals surface area contributed by atoms with E-state index in [0.717, 1.165) is 0 Å². The number of hydrogen-bond donors (Lipinski definition) is 1. The lowest BCUT2D eigenvalue weighted by Gasteiger charge is -2.06. The fraction of sp³-hybridized carbons (Fsp3) is 0.0625. The number of sulfonamides is 1. The van der Waals surface area contributed by atoms with Crippen LogP contribution in [0.1, 0.15) is 10.5 Å². The van der Waals surface area contributed by atoms with E-state index in [1.807, 2.05) is 22.9 Å². The molecule has 2 aromatic heterocycles. The van der Waals surface area contributed by atoms with Crippen LogP contribution in [-0.2, 0) is 17.1 Å². The third kappa shape index (κ3) is 4.01. The fourth-order valence-corrected chi connectivity index (χ4v) is 2.90. The van der Waals surface area contributed by atoms with E-state index >= 15 is 0 Å². The third-order valence-corrected chi connectivity index (χ3v) is 4.35. The lowest BCUT2D eigenvalue weighted by Crippen LogP contribution is -2.31. The predicted octanol–water partition coefficient (Wildman–Crippen LogP) is 1.73. The number of hydrogen-bond acceptors (Lipinski definition) is 6. The van der Waals surface area contributed by atoms with Gasteiger partial charge in [0.1, 0.15) is 17.2 Å². The van der Waals surface area contributed by atoms with Crippen molar-refractivity contribution in [2.75, 3.05) is 0 Å². The normalized spacial score (nSPS) is 11.1. The number of aromatic nitrogens is 3. The van der Waals surface area contributed by atoms with Gasteiger partial charge in [-0.1, -0.05) is 18.2 Å². The number of amides is 1. The number of pyridine rings is 1. The molecular weight excluding hydrogens is 344 g/mol. The minimum atomic E-state index is -4.05. The third-order valence-electron chi connectivity index (χ3n) is 3.13. The molecule has 0 saturated heterocycles. The van der Waals surface area contributed by atoms with Gasteiger partial charge in [0.25, 0.3) is 15.9 Å². The van der Waals surface area contributed by atoms with Crippen LogP contribution in [0.4, 0.5) is 0 Å². The summed E-state index contributed by atoms with van der Waals surface area (Å²) in [5.74, 6) is 0.200. The molecule has 0 radical (unpaired) electrons. The van der Waals surface area contributed by atoms with Gasteiger partial charge in [0.15, 0.2) is 5.03 Å². The highest BCUT2D eigenvalue weighted by Crippen LogP contribution is 2.19. The van der Waals surface area contributed by atoms with Crippen LogP contribution in [0, 0.1) is 0 Å². The molecule has 25 heavy (non-hydrogen) atoms. The Hall–Kier alpha value is -3.20. The molecule has 0 bridgehead atoms. The Morgan fingerprint density at radius 3 is 2.44 bits per heavy atom. The zero-order chi connectivity index (χ0) is 17.9. The Morgan fingerprint density at radius 2 is 1.84 bits per heavy atom. The van der Waals surface area contributed by atoms with Crippen LogP contribution >= 0.6 is 0 Å². The molecule has 9 heteroatoms. The first-order valence-electron chi connectivity index (χ1n) is 7.18. The Labute approximate surface area is 144 Å². The summed E-state index contributed by atoms with van der Waals surface area (Å²) in [7, 11) is -2.42. The molecule has 0 aliphatic rings. The van der Waals surface area contributed by atoms with Crippen molar-refractivity contribution in [3.8, 4) is 11.5 Å². The quantitative estimate of drug-likeness (QED) is 0.745. The van der Waals surface area contributed by atoms with Crippen molar-refractivity contribution in [2.24, 2.45) is 7.05 Å². The van der Waals surface area contributed by atoms with Gasteiger partial charge in [0.05, 0.1) is 12.5 Å². The van der Waals surface area contributed by atoms with E-state index in [1.165, 1.54) is 35.4 Å². The van der Waals surface area contributed by atoms with Crippen LogP contribution in [-0.4, -0.2) is 28.9 Å². The Balaban J connectivity index is 1.70. The lowest BCUT2D eigenvalue weighted by molar-refractivity contribution is 0.0976. The second-order valence-electron chi connectivity index (χ2n) is 5.11. The first-order valence-corrected chi connectivity index (χ1v) is 8.66. The standard InChI is InChI=1S/C16H14N4O4S/c1-20-10-15(18-11-20)25(22,23)19-16(21)14-8-7-13(9-17-14)24-12-5-3-2-4-6-12/h2-11H,1H3,(H,19,21). The SMILES string of the molecule is Cn1cnc(S(=O)(=O)NC(=O)c2ccc(Oc3ccccc3)cn2)c1. The summed E-state index contributed by atoms with van der Waals surface area (Å²) in [5, 5.41) is -0.243. The second-order valence-corrected chi connectivity index (χ2v) is 6.74. The number of imidazole rings is 1. The van der Waals surface area contributed by atoms with Crippen LogP contribution in [0.3, 0.4) is 0 Å². The molecule has 0 atom stereocenters. The van der Waals surface area contributed by atoms with E-state index < -0.39 is 15.9 Å². The van der Waals surface area contributed by atoms with Crippen molar-refractivity contribution in [3.63, 3.8) is 0 Å². The van der Waals surface area contributed by atoms with Gasteiger partial charge in [0.2, 0.25) is 0 Å². The van der Waals surface area contributed by atoms with Gasteiger partial charge in [0, 0.05) is 13.2 Å². The highest BCUT2D eigenvalue weighted by atomic mass is 32.2. The molecule has 1 N–H and O–H groups in total. The van der Waals surface area contributed by atoms with Crippen LogP contribution < -0.4 is 9.46 Å². The van der Waals surface area contributed by atoms with Crippen LogP contribution in [0.5, 0.6) is 11.5 Å². The average molecular weight is 358 g/mol. The summed E-state index contributed by atoms with van der Waals surface area (Å²) in [6.45, 7) is 0. The first kappa shape index (κ1) is 16.7. The van der Waals surface area contributed by atoms with E-state index in [2.05, 4.69) is 9.97 Å². The van der Waals surface area contributed by atoms with Crippen molar-refractivity contribution in [1.82, 2.24) is 19.3 Å². The number of nitrogens with zero attached hydrogens (tertiary/aromatic N) is 3. The predicted molar refractivity (Wildman–Crippen MR) is 88.6 cm³/mol. The van der Waals surface area contributed by atoms with Crippen LogP contribution in [0.15, 0.2) is 66.2 Å². The maximum Gasteiger partial charge on any atom is 0.283 e. The summed E-state index contributed by atoms with van der Waals surface area (Å²) < 4.78 is 33.1. The molecule has 2 heterocycles. The zero-order valence-corrected chi connectivity index (χ0v) is 14.0. The number of ether oxygens (including phenoxy) is 1. The molecule has 0 aliphatic carbocycles. The molecule has 1 aromatic carbocycles. The molecule has 3 rings (SSSR count). The molecule has 3 aromatic rings. The molecule has 0 unspecified atom stereocenters. The molecule has 0 saturated carbocycles. The largest absolute Gasteiger partial charge is 0.456 e.